The van der Waals surface area contributed by atoms with Crippen molar-refractivity contribution in [2.75, 3.05) is 13.1 Å². The monoisotopic (exact) mass is 404 g/mol. The van der Waals surface area contributed by atoms with Crippen LogP contribution in [0.4, 0.5) is 0 Å². The first-order valence-electron chi connectivity index (χ1n) is 10.5. The summed E-state index contributed by atoms with van der Waals surface area (Å²) in [6.07, 6.45) is 3.90. The highest BCUT2D eigenvalue weighted by atomic mass is 16.6. The molecule has 6 nitrogen and oxygen atoms in total. The van der Waals surface area contributed by atoms with Gasteiger partial charge in [0.1, 0.15) is 11.5 Å². The van der Waals surface area contributed by atoms with Gasteiger partial charge in [-0.05, 0) is 56.6 Å². The highest BCUT2D eigenvalue weighted by Gasteiger charge is 2.13. The molecule has 6 heteroatoms. The van der Waals surface area contributed by atoms with Gasteiger partial charge in [0.15, 0.2) is 12.4 Å². The predicted molar refractivity (Wildman–Crippen MR) is 118 cm³/mol. The van der Waals surface area contributed by atoms with Crippen molar-refractivity contribution in [2.45, 2.75) is 39.3 Å². The van der Waals surface area contributed by atoms with E-state index in [1.54, 1.807) is 0 Å². The lowest BCUT2D eigenvalue weighted by Gasteiger charge is -2.26. The Labute approximate surface area is 177 Å². The van der Waals surface area contributed by atoms with Crippen molar-refractivity contribution >= 4 is 5.84 Å². The zero-order valence-corrected chi connectivity index (χ0v) is 17.4. The predicted octanol–water partition coefficient (Wildman–Crippen LogP) is 4.47. The van der Waals surface area contributed by atoms with E-state index in [1.807, 2.05) is 49.4 Å². The fourth-order valence-electron chi connectivity index (χ4n) is 3.69. The minimum absolute atomic E-state index is 0.205. The second kappa shape index (κ2) is 9.59. The molecule has 0 bridgehead atoms. The van der Waals surface area contributed by atoms with E-state index in [4.69, 9.17) is 15.0 Å². The fourth-order valence-corrected chi connectivity index (χ4v) is 3.69. The molecule has 1 fully saturated rings. The maximum absolute atomic E-state index is 6.16. The Morgan fingerprint density at radius 1 is 1.10 bits per heavy atom. The first kappa shape index (κ1) is 20.2. The number of benzene rings is 2. The Morgan fingerprint density at radius 2 is 1.90 bits per heavy atom. The first-order chi connectivity index (χ1) is 14.7. The van der Waals surface area contributed by atoms with Crippen LogP contribution in [0.2, 0.25) is 0 Å². The molecule has 3 aromatic rings. The first-order valence-corrected chi connectivity index (χ1v) is 10.5. The van der Waals surface area contributed by atoms with Gasteiger partial charge in [-0.3, -0.25) is 4.90 Å². The summed E-state index contributed by atoms with van der Waals surface area (Å²) < 4.78 is 5.76. The number of nitrogens with zero attached hydrogens (tertiary/aromatic N) is 3. The molecule has 0 aliphatic carbocycles. The number of rotatable bonds is 7. The van der Waals surface area contributed by atoms with Crippen molar-refractivity contribution in [1.82, 2.24) is 9.88 Å². The van der Waals surface area contributed by atoms with Crippen LogP contribution in [0, 0.1) is 6.92 Å². The molecule has 0 saturated carbocycles. The summed E-state index contributed by atoms with van der Waals surface area (Å²) in [5, 5.41) is 4.10. The lowest BCUT2D eigenvalue weighted by atomic mass is 10.1. The van der Waals surface area contributed by atoms with Crippen molar-refractivity contribution in [2.24, 2.45) is 10.9 Å². The van der Waals surface area contributed by atoms with Crippen LogP contribution in [0.15, 0.2) is 64.2 Å². The highest BCUT2D eigenvalue weighted by Crippen LogP contribution is 2.22. The number of oxime groups is 1. The van der Waals surface area contributed by atoms with Crippen molar-refractivity contribution in [3.63, 3.8) is 0 Å². The van der Waals surface area contributed by atoms with E-state index < -0.39 is 0 Å². The van der Waals surface area contributed by atoms with E-state index in [9.17, 15) is 0 Å². The van der Waals surface area contributed by atoms with Crippen LogP contribution in [0.25, 0.3) is 11.5 Å². The molecule has 4 rings (SSSR count). The molecule has 1 saturated heterocycles. The molecule has 156 valence electrons. The Kier molecular flexibility index (Phi) is 6.44. The number of likely N-dealkylation sites (tertiary alicyclic amines) is 1. The van der Waals surface area contributed by atoms with Crippen LogP contribution < -0.4 is 5.73 Å². The lowest BCUT2D eigenvalue weighted by molar-refractivity contribution is 0.127. The Morgan fingerprint density at radius 3 is 2.70 bits per heavy atom. The molecule has 1 aliphatic heterocycles. The van der Waals surface area contributed by atoms with E-state index >= 15 is 0 Å². The van der Waals surface area contributed by atoms with Gasteiger partial charge >= 0.3 is 0 Å². The molecule has 2 heterocycles. The minimum atomic E-state index is 0.205. The van der Waals surface area contributed by atoms with Gasteiger partial charge < -0.3 is 15.0 Å². The third kappa shape index (κ3) is 5.07. The normalized spacial score (nSPS) is 15.3. The van der Waals surface area contributed by atoms with E-state index in [-0.39, 0.29) is 6.61 Å². The lowest BCUT2D eigenvalue weighted by Crippen LogP contribution is -2.29. The minimum Gasteiger partial charge on any atom is -0.441 e. The van der Waals surface area contributed by atoms with Gasteiger partial charge in [-0.2, -0.15) is 0 Å². The average Bonchev–Trinajstić information content (AvgIpc) is 3.16. The van der Waals surface area contributed by atoms with Gasteiger partial charge in [0.2, 0.25) is 5.89 Å². The Balaban J connectivity index is 1.38. The molecule has 0 amide bonds. The number of oxazole rings is 1. The zero-order chi connectivity index (χ0) is 20.8. The van der Waals surface area contributed by atoms with Crippen LogP contribution in [-0.4, -0.2) is 28.8 Å². The number of piperidine rings is 1. The van der Waals surface area contributed by atoms with Gasteiger partial charge in [-0.15, -0.1) is 0 Å². The number of amidine groups is 1. The zero-order valence-electron chi connectivity index (χ0n) is 17.4. The molecule has 0 spiro atoms. The van der Waals surface area contributed by atoms with Crippen molar-refractivity contribution in [1.29, 1.82) is 0 Å². The van der Waals surface area contributed by atoms with Gasteiger partial charge in [-0.25, -0.2) is 4.98 Å². The summed E-state index contributed by atoms with van der Waals surface area (Å²) in [6, 6.07) is 18.0. The summed E-state index contributed by atoms with van der Waals surface area (Å²) in [5.74, 6) is 1.65. The quantitative estimate of drug-likeness (QED) is 0.357. The number of aromatic nitrogens is 1. The molecule has 2 aromatic carbocycles. The van der Waals surface area contributed by atoms with E-state index in [0.717, 1.165) is 17.7 Å². The smallest absolute Gasteiger partial charge is 0.226 e. The van der Waals surface area contributed by atoms with Crippen LogP contribution in [0.1, 0.15) is 41.8 Å². The number of hydrogen-bond acceptors (Lipinski definition) is 5. The van der Waals surface area contributed by atoms with Crippen LogP contribution in [0.3, 0.4) is 0 Å². The van der Waals surface area contributed by atoms with E-state index in [2.05, 4.69) is 27.2 Å². The summed E-state index contributed by atoms with van der Waals surface area (Å²) in [7, 11) is 0. The molecular weight excluding hydrogens is 376 g/mol. The molecule has 2 N–H and O–H groups in total. The summed E-state index contributed by atoms with van der Waals surface area (Å²) in [6.45, 7) is 5.35. The Bertz CT molecular complexity index is 991. The Hall–Kier alpha value is -3.12. The molecule has 0 radical (unpaired) electrons. The van der Waals surface area contributed by atoms with Gasteiger partial charge in [-0.1, -0.05) is 48.0 Å². The summed E-state index contributed by atoms with van der Waals surface area (Å²) in [4.78, 5) is 12.5. The number of nitrogens with two attached hydrogens (primary N) is 1. The summed E-state index contributed by atoms with van der Waals surface area (Å²) in [5.41, 5.74) is 9.92. The van der Waals surface area contributed by atoms with Crippen LogP contribution >= 0.6 is 0 Å². The van der Waals surface area contributed by atoms with Gasteiger partial charge in [0, 0.05) is 17.7 Å². The molecule has 1 aromatic heterocycles. The molecular formula is C24H28N4O2. The largest absolute Gasteiger partial charge is 0.441 e. The molecule has 1 aliphatic rings. The molecule has 0 atom stereocenters. The van der Waals surface area contributed by atoms with Gasteiger partial charge in [0.25, 0.3) is 0 Å². The standard InChI is InChI=1S/C24H28N4O2/c1-18-22(26-24(30-18)20-10-4-2-5-11-20)17-29-27-23(25)21-12-8-9-19(15-21)16-28-13-6-3-7-14-28/h2,4-5,8-12,15H,3,6-7,13-14,16-17H2,1H3,(H2,25,27). The van der Waals surface area contributed by atoms with Crippen molar-refractivity contribution in [3.05, 3.63) is 77.2 Å². The average molecular weight is 405 g/mol. The maximum Gasteiger partial charge on any atom is 0.226 e. The van der Waals surface area contributed by atoms with Crippen LogP contribution in [0.5, 0.6) is 0 Å². The molecule has 30 heavy (non-hydrogen) atoms. The second-order valence-electron chi connectivity index (χ2n) is 7.68. The highest BCUT2D eigenvalue weighted by molar-refractivity contribution is 5.97. The topological polar surface area (TPSA) is 76.9 Å². The number of aryl methyl sites for hydroxylation is 1. The number of hydrogen-bond donors (Lipinski definition) is 1. The SMILES string of the molecule is Cc1oc(-c2ccccc2)nc1CO/N=C(\N)c1cccc(CN2CCCCC2)c1. The van der Waals surface area contributed by atoms with E-state index in [0.29, 0.717) is 23.2 Å². The maximum atomic E-state index is 6.16. The second-order valence-corrected chi connectivity index (χ2v) is 7.68. The summed E-state index contributed by atoms with van der Waals surface area (Å²) >= 11 is 0. The third-order valence-corrected chi connectivity index (χ3v) is 5.36. The van der Waals surface area contributed by atoms with Crippen molar-refractivity contribution < 1.29 is 9.25 Å². The fraction of sp³-hybridized carbons (Fsp3) is 0.333. The third-order valence-electron chi connectivity index (χ3n) is 5.36. The van der Waals surface area contributed by atoms with E-state index in [1.165, 1.54) is 37.9 Å². The van der Waals surface area contributed by atoms with Crippen molar-refractivity contribution in [3.8, 4) is 11.5 Å². The van der Waals surface area contributed by atoms with Gasteiger partial charge in [0.05, 0.1) is 0 Å². The molecule has 0 unspecified atom stereocenters. The van der Waals surface area contributed by atoms with Crippen LogP contribution in [-0.2, 0) is 18.0 Å².